The highest BCUT2D eigenvalue weighted by Crippen LogP contribution is 2.44. The molecule has 0 aromatic carbocycles. The van der Waals surface area contributed by atoms with Crippen LogP contribution in [0.4, 0.5) is 0 Å². The van der Waals surface area contributed by atoms with Gasteiger partial charge in [0.2, 0.25) is 3.79 Å². The van der Waals surface area contributed by atoms with E-state index in [9.17, 15) is 0 Å². The summed E-state index contributed by atoms with van der Waals surface area (Å²) in [5.41, 5.74) is 0. The highest BCUT2D eigenvalue weighted by Gasteiger charge is 2.31. The van der Waals surface area contributed by atoms with Crippen molar-refractivity contribution in [2.45, 2.75) is 41.5 Å². The Bertz CT molecular complexity index is 122. The maximum absolute atomic E-state index is 5.78. The summed E-state index contributed by atoms with van der Waals surface area (Å²) in [6.45, 7) is 6.28. The first-order chi connectivity index (χ1) is 5.38. The standard InChI is InChI=1S/C7H13Cl3S2/c1-4-6(7(8,9)10)12-11-5(2)3/h5-6H,4H2,1-3H3. The van der Waals surface area contributed by atoms with Crippen molar-refractivity contribution in [3.05, 3.63) is 0 Å². The van der Waals surface area contributed by atoms with Gasteiger partial charge in [-0.2, -0.15) is 0 Å². The largest absolute Gasteiger partial charge is 0.203 e. The third-order valence-electron chi connectivity index (χ3n) is 1.10. The Balaban J connectivity index is 3.84. The third-order valence-corrected chi connectivity index (χ3v) is 5.88. The zero-order valence-electron chi connectivity index (χ0n) is 7.31. The van der Waals surface area contributed by atoms with Crippen LogP contribution < -0.4 is 0 Å². The minimum atomic E-state index is -1.14. The lowest BCUT2D eigenvalue weighted by Gasteiger charge is -2.22. The van der Waals surface area contributed by atoms with Crippen molar-refractivity contribution in [3.63, 3.8) is 0 Å². The van der Waals surface area contributed by atoms with Crippen LogP contribution in [-0.4, -0.2) is 14.3 Å². The summed E-state index contributed by atoms with van der Waals surface area (Å²) < 4.78 is -1.14. The highest BCUT2D eigenvalue weighted by atomic mass is 35.6. The minimum Gasteiger partial charge on any atom is -0.0909 e. The van der Waals surface area contributed by atoms with Gasteiger partial charge in [0, 0.05) is 5.25 Å². The quantitative estimate of drug-likeness (QED) is 0.523. The molecule has 12 heavy (non-hydrogen) atoms. The first-order valence-electron chi connectivity index (χ1n) is 3.76. The second kappa shape index (κ2) is 6.13. The van der Waals surface area contributed by atoms with Crippen molar-refractivity contribution >= 4 is 56.4 Å². The smallest absolute Gasteiger partial charge is 0.0909 e. The van der Waals surface area contributed by atoms with Gasteiger partial charge in [0.25, 0.3) is 0 Å². The SMILES string of the molecule is CCC(SSC(C)C)C(Cl)(Cl)Cl. The number of rotatable bonds is 4. The lowest BCUT2D eigenvalue weighted by molar-refractivity contribution is 0.849. The molecule has 0 aliphatic carbocycles. The summed E-state index contributed by atoms with van der Waals surface area (Å²) in [7, 11) is 3.41. The van der Waals surface area contributed by atoms with Crippen LogP contribution in [0, 0.1) is 0 Å². The molecule has 0 saturated heterocycles. The fraction of sp³-hybridized carbons (Fsp3) is 1.00. The Hall–Kier alpha value is 1.57. The number of alkyl halides is 3. The third kappa shape index (κ3) is 6.09. The molecule has 0 aliphatic rings. The van der Waals surface area contributed by atoms with Gasteiger partial charge in [-0.1, -0.05) is 77.2 Å². The van der Waals surface area contributed by atoms with E-state index < -0.39 is 3.79 Å². The van der Waals surface area contributed by atoms with Crippen molar-refractivity contribution in [3.8, 4) is 0 Å². The molecule has 0 spiro atoms. The molecule has 74 valence electrons. The van der Waals surface area contributed by atoms with Gasteiger partial charge in [-0.05, 0) is 6.42 Å². The first kappa shape index (κ1) is 13.6. The van der Waals surface area contributed by atoms with Crippen molar-refractivity contribution < 1.29 is 0 Å². The van der Waals surface area contributed by atoms with Crippen LogP contribution in [0.5, 0.6) is 0 Å². The van der Waals surface area contributed by atoms with Gasteiger partial charge in [0.1, 0.15) is 0 Å². The summed E-state index contributed by atoms with van der Waals surface area (Å²) in [6.07, 6.45) is 0.876. The maximum Gasteiger partial charge on any atom is 0.203 e. The van der Waals surface area contributed by atoms with E-state index in [0.29, 0.717) is 5.25 Å². The lowest BCUT2D eigenvalue weighted by Crippen LogP contribution is -2.20. The first-order valence-corrected chi connectivity index (χ1v) is 7.17. The predicted molar refractivity (Wildman–Crippen MR) is 64.7 cm³/mol. The summed E-state index contributed by atoms with van der Waals surface area (Å²) in [6, 6.07) is 0. The van der Waals surface area contributed by atoms with Crippen molar-refractivity contribution in [2.75, 3.05) is 0 Å². The average molecular weight is 268 g/mol. The summed E-state index contributed by atoms with van der Waals surface area (Å²) in [5.74, 6) is 0. The van der Waals surface area contributed by atoms with E-state index >= 15 is 0 Å². The van der Waals surface area contributed by atoms with E-state index in [4.69, 9.17) is 34.8 Å². The zero-order chi connectivity index (χ0) is 9.78. The van der Waals surface area contributed by atoms with Crippen LogP contribution in [0.3, 0.4) is 0 Å². The molecular formula is C7H13Cl3S2. The fourth-order valence-corrected chi connectivity index (χ4v) is 4.38. The Morgan fingerprint density at radius 3 is 1.92 bits per heavy atom. The molecule has 0 aromatic heterocycles. The van der Waals surface area contributed by atoms with E-state index in [1.807, 2.05) is 6.92 Å². The molecule has 5 heteroatoms. The maximum atomic E-state index is 5.78. The molecule has 1 atom stereocenters. The molecule has 0 amide bonds. The molecule has 0 heterocycles. The molecule has 0 rings (SSSR count). The zero-order valence-corrected chi connectivity index (χ0v) is 11.2. The van der Waals surface area contributed by atoms with E-state index in [-0.39, 0.29) is 5.25 Å². The molecule has 0 bridgehead atoms. The molecule has 0 aromatic rings. The lowest BCUT2D eigenvalue weighted by atomic mass is 10.4. The Morgan fingerprint density at radius 2 is 1.67 bits per heavy atom. The molecule has 0 nitrogen and oxygen atoms in total. The van der Waals surface area contributed by atoms with Gasteiger partial charge in [-0.15, -0.1) is 0 Å². The van der Waals surface area contributed by atoms with Crippen LogP contribution in [0.1, 0.15) is 27.2 Å². The van der Waals surface area contributed by atoms with E-state index in [1.165, 1.54) is 0 Å². The van der Waals surface area contributed by atoms with Crippen molar-refractivity contribution in [2.24, 2.45) is 0 Å². The van der Waals surface area contributed by atoms with Crippen LogP contribution in [0.2, 0.25) is 0 Å². The highest BCUT2D eigenvalue weighted by molar-refractivity contribution is 8.77. The minimum absolute atomic E-state index is 0.0786. The summed E-state index contributed by atoms with van der Waals surface area (Å²) in [5, 5.41) is 0.645. The van der Waals surface area contributed by atoms with Gasteiger partial charge in [0.05, 0.1) is 5.25 Å². The Morgan fingerprint density at radius 1 is 1.17 bits per heavy atom. The van der Waals surface area contributed by atoms with Gasteiger partial charge in [0.15, 0.2) is 0 Å². The predicted octanol–water partition coefficient (Wildman–Crippen LogP) is 4.93. The second-order valence-corrected chi connectivity index (χ2v) is 8.10. The van der Waals surface area contributed by atoms with Crippen LogP contribution in [0.25, 0.3) is 0 Å². The summed E-state index contributed by atoms with van der Waals surface area (Å²) >= 11 is 17.3. The van der Waals surface area contributed by atoms with Gasteiger partial charge in [-0.3, -0.25) is 0 Å². The second-order valence-electron chi connectivity index (χ2n) is 2.68. The average Bonchev–Trinajstić information content (AvgIpc) is 1.85. The Kier molecular flexibility index (Phi) is 6.93. The van der Waals surface area contributed by atoms with Crippen molar-refractivity contribution in [1.29, 1.82) is 0 Å². The molecule has 0 radical (unpaired) electrons. The number of hydrogen-bond donors (Lipinski definition) is 0. The molecular weight excluding hydrogens is 255 g/mol. The van der Waals surface area contributed by atoms with Crippen LogP contribution in [-0.2, 0) is 0 Å². The molecule has 1 unspecified atom stereocenters. The van der Waals surface area contributed by atoms with Gasteiger partial charge < -0.3 is 0 Å². The van der Waals surface area contributed by atoms with Crippen LogP contribution >= 0.6 is 56.4 Å². The number of halogens is 3. The molecule has 0 saturated carbocycles. The topological polar surface area (TPSA) is 0 Å². The summed E-state index contributed by atoms with van der Waals surface area (Å²) in [4.78, 5) is 0. The van der Waals surface area contributed by atoms with E-state index in [1.54, 1.807) is 21.6 Å². The molecule has 0 N–H and O–H groups in total. The monoisotopic (exact) mass is 266 g/mol. The van der Waals surface area contributed by atoms with E-state index in [0.717, 1.165) is 6.42 Å². The van der Waals surface area contributed by atoms with Crippen LogP contribution in [0.15, 0.2) is 0 Å². The van der Waals surface area contributed by atoms with Gasteiger partial charge >= 0.3 is 0 Å². The van der Waals surface area contributed by atoms with Crippen molar-refractivity contribution in [1.82, 2.24) is 0 Å². The fourth-order valence-electron chi connectivity index (χ4n) is 0.532. The molecule has 0 fully saturated rings. The normalized spacial score (nSPS) is 15.2. The number of hydrogen-bond acceptors (Lipinski definition) is 2. The Labute approximate surface area is 97.5 Å². The molecule has 0 aliphatic heterocycles. The van der Waals surface area contributed by atoms with E-state index in [2.05, 4.69) is 13.8 Å². The van der Waals surface area contributed by atoms with Gasteiger partial charge in [-0.25, -0.2) is 0 Å².